The quantitative estimate of drug-likeness (QED) is 0.701. The van der Waals surface area contributed by atoms with Gasteiger partial charge in [0, 0.05) is 16.5 Å². The van der Waals surface area contributed by atoms with Gasteiger partial charge in [-0.25, -0.2) is 4.98 Å². The van der Waals surface area contributed by atoms with Crippen LogP contribution >= 0.6 is 11.6 Å². The minimum Gasteiger partial charge on any atom is -0.507 e. The second-order valence-corrected chi connectivity index (χ2v) is 3.55. The molecule has 3 nitrogen and oxygen atoms in total. The first kappa shape index (κ1) is 9.09. The van der Waals surface area contributed by atoms with Crippen LogP contribution in [0.15, 0.2) is 18.2 Å². The summed E-state index contributed by atoms with van der Waals surface area (Å²) < 4.78 is 0. The molecule has 0 amide bonds. The number of aromatic nitrogens is 1. The Morgan fingerprint density at radius 3 is 2.64 bits per heavy atom. The van der Waals surface area contributed by atoms with Crippen LogP contribution in [0.1, 0.15) is 5.56 Å². The van der Waals surface area contributed by atoms with E-state index in [-0.39, 0.29) is 11.6 Å². The molecule has 0 bridgehead atoms. The van der Waals surface area contributed by atoms with Crippen molar-refractivity contribution in [3.63, 3.8) is 0 Å². The van der Waals surface area contributed by atoms with Crippen LogP contribution in [0.2, 0.25) is 5.02 Å². The minimum absolute atomic E-state index is 0.0156. The summed E-state index contributed by atoms with van der Waals surface area (Å²) in [5, 5.41) is 19.8. The van der Waals surface area contributed by atoms with Crippen LogP contribution in [-0.4, -0.2) is 15.2 Å². The van der Waals surface area contributed by atoms with E-state index in [0.717, 1.165) is 5.56 Å². The Balaban J connectivity index is 2.94. The van der Waals surface area contributed by atoms with Crippen molar-refractivity contribution in [3.05, 3.63) is 28.8 Å². The normalized spacial score (nSPS) is 10.7. The average Bonchev–Trinajstić information content (AvgIpc) is 2.07. The number of hydrogen-bond donors (Lipinski definition) is 2. The van der Waals surface area contributed by atoms with E-state index in [1.165, 1.54) is 6.07 Å². The molecule has 0 saturated heterocycles. The van der Waals surface area contributed by atoms with E-state index >= 15 is 0 Å². The maximum absolute atomic E-state index is 9.54. The standard InChI is InChI=1S/C10H8ClNO2/c1-5-2-6(11)3-7-8(13)4-9(14)12-10(5)7/h2-4H,1H3,(H2,12,13,14). The molecular weight excluding hydrogens is 202 g/mol. The third kappa shape index (κ3) is 1.36. The van der Waals surface area contributed by atoms with Gasteiger partial charge in [-0.3, -0.25) is 0 Å². The summed E-state index contributed by atoms with van der Waals surface area (Å²) in [5.41, 5.74) is 1.38. The molecule has 0 radical (unpaired) electrons. The van der Waals surface area contributed by atoms with Crippen LogP contribution in [0.4, 0.5) is 0 Å². The summed E-state index contributed by atoms with van der Waals surface area (Å²) in [6, 6.07) is 4.54. The third-order valence-electron chi connectivity index (χ3n) is 2.03. The molecule has 14 heavy (non-hydrogen) atoms. The van der Waals surface area contributed by atoms with Crippen molar-refractivity contribution < 1.29 is 10.2 Å². The van der Waals surface area contributed by atoms with E-state index in [4.69, 9.17) is 11.6 Å². The van der Waals surface area contributed by atoms with Gasteiger partial charge in [0.05, 0.1) is 5.52 Å². The van der Waals surface area contributed by atoms with Gasteiger partial charge in [0.2, 0.25) is 5.88 Å². The molecule has 1 aromatic heterocycles. The fourth-order valence-corrected chi connectivity index (χ4v) is 1.70. The highest BCUT2D eigenvalue weighted by atomic mass is 35.5. The van der Waals surface area contributed by atoms with Gasteiger partial charge in [0.15, 0.2) is 0 Å². The van der Waals surface area contributed by atoms with Crippen molar-refractivity contribution in [2.24, 2.45) is 0 Å². The predicted molar refractivity (Wildman–Crippen MR) is 54.8 cm³/mol. The lowest BCUT2D eigenvalue weighted by atomic mass is 10.1. The zero-order valence-electron chi connectivity index (χ0n) is 7.45. The lowest BCUT2D eigenvalue weighted by Crippen LogP contribution is -1.85. The fourth-order valence-electron chi connectivity index (χ4n) is 1.43. The number of nitrogens with zero attached hydrogens (tertiary/aromatic N) is 1. The van der Waals surface area contributed by atoms with E-state index in [0.29, 0.717) is 15.9 Å². The van der Waals surface area contributed by atoms with Crippen molar-refractivity contribution >= 4 is 22.5 Å². The number of benzene rings is 1. The number of hydrogen-bond acceptors (Lipinski definition) is 3. The zero-order valence-corrected chi connectivity index (χ0v) is 8.21. The molecular formula is C10H8ClNO2. The molecule has 2 aromatic rings. The Kier molecular flexibility index (Phi) is 1.97. The number of fused-ring (bicyclic) bond motifs is 1. The van der Waals surface area contributed by atoms with E-state index in [1.807, 2.05) is 6.92 Å². The number of rotatable bonds is 0. The van der Waals surface area contributed by atoms with Crippen LogP contribution in [-0.2, 0) is 0 Å². The molecule has 0 saturated carbocycles. The average molecular weight is 210 g/mol. The largest absolute Gasteiger partial charge is 0.507 e. The molecule has 0 fully saturated rings. The van der Waals surface area contributed by atoms with E-state index in [9.17, 15) is 10.2 Å². The molecule has 1 aromatic carbocycles. The van der Waals surface area contributed by atoms with Crippen molar-refractivity contribution in [2.75, 3.05) is 0 Å². The van der Waals surface area contributed by atoms with Crippen molar-refractivity contribution in [1.82, 2.24) is 4.98 Å². The summed E-state index contributed by atoms with van der Waals surface area (Å²) in [6.07, 6.45) is 0. The molecule has 2 rings (SSSR count). The molecule has 2 N–H and O–H groups in total. The molecule has 0 atom stereocenters. The second-order valence-electron chi connectivity index (χ2n) is 3.12. The molecule has 72 valence electrons. The van der Waals surface area contributed by atoms with Gasteiger partial charge in [0.1, 0.15) is 5.75 Å². The highest BCUT2D eigenvalue weighted by Gasteiger charge is 2.07. The number of pyridine rings is 1. The minimum atomic E-state index is -0.194. The first-order valence-electron chi connectivity index (χ1n) is 4.07. The highest BCUT2D eigenvalue weighted by molar-refractivity contribution is 6.31. The molecule has 0 aliphatic rings. The lowest BCUT2D eigenvalue weighted by Gasteiger charge is -2.04. The number of aryl methyl sites for hydroxylation is 1. The Morgan fingerprint density at radius 1 is 1.21 bits per heavy atom. The summed E-state index contributed by atoms with van der Waals surface area (Å²) in [4.78, 5) is 3.91. The molecule has 0 aliphatic heterocycles. The van der Waals surface area contributed by atoms with Crippen molar-refractivity contribution in [3.8, 4) is 11.6 Å². The highest BCUT2D eigenvalue weighted by Crippen LogP contribution is 2.31. The van der Waals surface area contributed by atoms with Crippen molar-refractivity contribution in [2.45, 2.75) is 6.92 Å². The van der Waals surface area contributed by atoms with Gasteiger partial charge < -0.3 is 10.2 Å². The van der Waals surface area contributed by atoms with Crippen LogP contribution in [0, 0.1) is 6.92 Å². The maximum atomic E-state index is 9.54. The van der Waals surface area contributed by atoms with Crippen LogP contribution in [0.5, 0.6) is 11.6 Å². The molecule has 0 aliphatic carbocycles. The lowest BCUT2D eigenvalue weighted by molar-refractivity contribution is 0.440. The molecule has 1 heterocycles. The van der Waals surface area contributed by atoms with Gasteiger partial charge >= 0.3 is 0 Å². The van der Waals surface area contributed by atoms with Crippen LogP contribution in [0.3, 0.4) is 0 Å². The van der Waals surface area contributed by atoms with E-state index in [1.54, 1.807) is 12.1 Å². The van der Waals surface area contributed by atoms with Gasteiger partial charge in [-0.05, 0) is 24.6 Å². The first-order chi connectivity index (χ1) is 6.58. The smallest absolute Gasteiger partial charge is 0.215 e. The zero-order chi connectivity index (χ0) is 10.3. The van der Waals surface area contributed by atoms with E-state index < -0.39 is 0 Å². The Hall–Kier alpha value is -1.48. The topological polar surface area (TPSA) is 53.4 Å². The van der Waals surface area contributed by atoms with Gasteiger partial charge in [-0.1, -0.05) is 11.6 Å². The predicted octanol–water partition coefficient (Wildman–Crippen LogP) is 2.61. The monoisotopic (exact) mass is 209 g/mol. The molecule has 0 unspecified atom stereocenters. The summed E-state index contributed by atoms with van der Waals surface area (Å²) >= 11 is 5.83. The van der Waals surface area contributed by atoms with Gasteiger partial charge in [0.25, 0.3) is 0 Å². The summed E-state index contributed by atoms with van der Waals surface area (Å²) in [5.74, 6) is -0.210. The fraction of sp³-hybridized carbons (Fsp3) is 0.100. The number of halogens is 1. The van der Waals surface area contributed by atoms with Gasteiger partial charge in [-0.15, -0.1) is 0 Å². The Morgan fingerprint density at radius 2 is 1.93 bits per heavy atom. The van der Waals surface area contributed by atoms with E-state index in [2.05, 4.69) is 4.98 Å². The Bertz CT molecular complexity index is 464. The summed E-state index contributed by atoms with van der Waals surface area (Å²) in [7, 11) is 0. The van der Waals surface area contributed by atoms with Crippen LogP contribution < -0.4 is 0 Å². The first-order valence-corrected chi connectivity index (χ1v) is 4.44. The molecule has 0 spiro atoms. The second kappa shape index (κ2) is 3.03. The summed E-state index contributed by atoms with van der Waals surface area (Å²) in [6.45, 7) is 1.82. The Labute approximate surface area is 85.6 Å². The van der Waals surface area contributed by atoms with Gasteiger partial charge in [-0.2, -0.15) is 0 Å². The maximum Gasteiger partial charge on any atom is 0.215 e. The van der Waals surface area contributed by atoms with Crippen LogP contribution in [0.25, 0.3) is 10.9 Å². The third-order valence-corrected chi connectivity index (χ3v) is 2.25. The SMILES string of the molecule is Cc1cc(Cl)cc2c(O)cc(O)nc12. The number of aromatic hydroxyl groups is 2. The molecule has 4 heteroatoms. The van der Waals surface area contributed by atoms with Crippen molar-refractivity contribution in [1.29, 1.82) is 0 Å².